The van der Waals surface area contributed by atoms with Crippen molar-refractivity contribution in [2.75, 3.05) is 32.6 Å². The average Bonchev–Trinajstić information content (AvgIpc) is 2.46. The van der Waals surface area contributed by atoms with Crippen LogP contribution in [-0.4, -0.2) is 55.0 Å². The van der Waals surface area contributed by atoms with E-state index >= 15 is 0 Å². The summed E-state index contributed by atoms with van der Waals surface area (Å²) in [5, 5.41) is 2.62. The predicted molar refractivity (Wildman–Crippen MR) is 82.7 cm³/mol. The fourth-order valence-corrected chi connectivity index (χ4v) is 1.78. The van der Waals surface area contributed by atoms with Crippen molar-refractivity contribution >= 4 is 33.6 Å². The summed E-state index contributed by atoms with van der Waals surface area (Å²) in [5.41, 5.74) is 5.46. The van der Waals surface area contributed by atoms with Crippen molar-refractivity contribution in [1.82, 2.24) is 9.88 Å². The van der Waals surface area contributed by atoms with Crippen molar-refractivity contribution in [3.63, 3.8) is 0 Å². The second kappa shape index (κ2) is 8.71. The van der Waals surface area contributed by atoms with Gasteiger partial charge in [-0.25, -0.2) is 4.98 Å². The molecule has 0 aliphatic carbocycles. The summed E-state index contributed by atoms with van der Waals surface area (Å²) in [6.07, 6.45) is 1.39. The summed E-state index contributed by atoms with van der Waals surface area (Å²) in [4.78, 5) is 29.1. The van der Waals surface area contributed by atoms with Gasteiger partial charge in [-0.2, -0.15) is 0 Å². The number of carbonyl (C=O) groups excluding carboxylic acids is 2. The van der Waals surface area contributed by atoms with Gasteiger partial charge in [0.1, 0.15) is 5.82 Å². The molecule has 1 aromatic heterocycles. The molecule has 0 spiro atoms. The molecule has 2 amide bonds. The van der Waals surface area contributed by atoms with Crippen LogP contribution in [0.2, 0.25) is 0 Å². The first-order valence-electron chi connectivity index (χ1n) is 6.34. The van der Waals surface area contributed by atoms with E-state index in [2.05, 4.69) is 26.2 Å². The smallest absolute Gasteiger partial charge is 0.245 e. The van der Waals surface area contributed by atoms with Gasteiger partial charge in [-0.3, -0.25) is 9.59 Å². The third-order valence-electron chi connectivity index (χ3n) is 2.80. The Hall–Kier alpha value is -1.51. The molecule has 1 atom stereocenters. The zero-order chi connectivity index (χ0) is 15.8. The minimum atomic E-state index is -0.337. The number of anilines is 1. The van der Waals surface area contributed by atoms with Gasteiger partial charge in [-0.05, 0) is 28.1 Å². The van der Waals surface area contributed by atoms with Gasteiger partial charge in [0, 0.05) is 31.4 Å². The first-order chi connectivity index (χ1) is 9.96. The van der Waals surface area contributed by atoms with Gasteiger partial charge in [0.2, 0.25) is 11.8 Å². The number of methoxy groups -OCH3 is 1. The quantitative estimate of drug-likeness (QED) is 0.743. The molecule has 7 nitrogen and oxygen atoms in total. The summed E-state index contributed by atoms with van der Waals surface area (Å²) in [6, 6.07) is 3.43. The number of amides is 2. The van der Waals surface area contributed by atoms with Gasteiger partial charge < -0.3 is 20.7 Å². The van der Waals surface area contributed by atoms with Gasteiger partial charge in [0.05, 0.1) is 19.1 Å². The molecule has 0 radical (unpaired) electrons. The molecule has 21 heavy (non-hydrogen) atoms. The summed E-state index contributed by atoms with van der Waals surface area (Å²) in [6.45, 7) is 0.197. The van der Waals surface area contributed by atoms with Crippen molar-refractivity contribution in [2.45, 2.75) is 12.5 Å². The molecular formula is C13H19BrN4O3. The van der Waals surface area contributed by atoms with Crippen LogP contribution >= 0.6 is 15.9 Å². The van der Waals surface area contributed by atoms with Crippen molar-refractivity contribution in [3.05, 3.63) is 22.8 Å². The van der Waals surface area contributed by atoms with Gasteiger partial charge in [0.15, 0.2) is 0 Å². The Labute approximate surface area is 132 Å². The van der Waals surface area contributed by atoms with Crippen LogP contribution in [-0.2, 0) is 14.3 Å². The number of nitrogens with two attached hydrogens (primary N) is 1. The van der Waals surface area contributed by atoms with E-state index in [9.17, 15) is 9.59 Å². The van der Waals surface area contributed by atoms with Crippen LogP contribution in [0.15, 0.2) is 22.8 Å². The number of hydrogen-bond donors (Lipinski definition) is 2. The molecule has 0 bridgehead atoms. The lowest BCUT2D eigenvalue weighted by Gasteiger charge is -2.19. The van der Waals surface area contributed by atoms with Gasteiger partial charge in [-0.1, -0.05) is 0 Å². The Morgan fingerprint density at radius 1 is 1.52 bits per heavy atom. The molecule has 116 valence electrons. The third-order valence-corrected chi connectivity index (χ3v) is 3.27. The number of nitrogens with one attached hydrogen (secondary N) is 1. The Bertz CT molecular complexity index is 477. The van der Waals surface area contributed by atoms with Crippen LogP contribution in [0, 0.1) is 0 Å². The molecule has 0 saturated heterocycles. The number of aromatic nitrogens is 1. The zero-order valence-corrected chi connectivity index (χ0v) is 13.6. The van der Waals surface area contributed by atoms with Crippen molar-refractivity contribution in [1.29, 1.82) is 0 Å². The van der Waals surface area contributed by atoms with Gasteiger partial charge >= 0.3 is 0 Å². The number of rotatable bonds is 7. The number of pyridine rings is 1. The number of hydrogen-bond acceptors (Lipinski definition) is 5. The van der Waals surface area contributed by atoms with Crippen LogP contribution < -0.4 is 11.1 Å². The highest BCUT2D eigenvalue weighted by Crippen LogP contribution is 2.10. The molecule has 1 rings (SSSR count). The monoisotopic (exact) mass is 358 g/mol. The van der Waals surface area contributed by atoms with Crippen LogP contribution in [0.25, 0.3) is 0 Å². The van der Waals surface area contributed by atoms with E-state index in [-0.39, 0.29) is 37.4 Å². The lowest BCUT2D eigenvalue weighted by molar-refractivity contribution is -0.135. The molecular weight excluding hydrogens is 340 g/mol. The lowest BCUT2D eigenvalue weighted by atomic mass is 10.2. The van der Waals surface area contributed by atoms with Crippen molar-refractivity contribution in [3.8, 4) is 0 Å². The molecule has 0 saturated carbocycles. The Morgan fingerprint density at radius 2 is 2.24 bits per heavy atom. The molecule has 1 heterocycles. The average molecular weight is 359 g/mol. The summed E-state index contributed by atoms with van der Waals surface area (Å²) >= 11 is 3.26. The van der Waals surface area contributed by atoms with E-state index in [1.807, 2.05) is 0 Å². The number of likely N-dealkylation sites (N-methyl/N-ethyl adjacent to an activating group) is 1. The van der Waals surface area contributed by atoms with Crippen LogP contribution in [0.4, 0.5) is 5.82 Å². The molecule has 1 aromatic rings. The Morgan fingerprint density at radius 3 is 2.76 bits per heavy atom. The summed E-state index contributed by atoms with van der Waals surface area (Å²) in [5.74, 6) is -0.0885. The number of nitrogens with zero attached hydrogens (tertiary/aromatic N) is 2. The highest BCUT2D eigenvalue weighted by molar-refractivity contribution is 9.10. The maximum Gasteiger partial charge on any atom is 0.245 e. The Kier molecular flexibility index (Phi) is 7.27. The zero-order valence-electron chi connectivity index (χ0n) is 12.0. The minimum absolute atomic E-state index is 0.0580. The minimum Gasteiger partial charge on any atom is -0.380 e. The predicted octanol–water partition coefficient (Wildman–Crippen LogP) is 0.605. The number of halogens is 1. The second-order valence-corrected chi connectivity index (χ2v) is 5.37. The molecule has 0 aliphatic rings. The molecule has 0 aromatic carbocycles. The van der Waals surface area contributed by atoms with Crippen LogP contribution in [0.5, 0.6) is 0 Å². The third kappa shape index (κ3) is 6.19. The van der Waals surface area contributed by atoms with E-state index in [1.165, 1.54) is 12.0 Å². The largest absolute Gasteiger partial charge is 0.380 e. The summed E-state index contributed by atoms with van der Waals surface area (Å²) < 4.78 is 5.86. The lowest BCUT2D eigenvalue weighted by Crippen LogP contribution is -2.38. The first-order valence-corrected chi connectivity index (χ1v) is 7.13. The van der Waals surface area contributed by atoms with E-state index in [4.69, 9.17) is 10.5 Å². The van der Waals surface area contributed by atoms with E-state index in [0.29, 0.717) is 5.82 Å². The summed E-state index contributed by atoms with van der Waals surface area (Å²) in [7, 11) is 3.05. The van der Waals surface area contributed by atoms with Crippen molar-refractivity contribution < 1.29 is 14.3 Å². The highest BCUT2D eigenvalue weighted by Gasteiger charge is 2.17. The highest BCUT2D eigenvalue weighted by atomic mass is 79.9. The first kappa shape index (κ1) is 17.5. The van der Waals surface area contributed by atoms with Crippen molar-refractivity contribution in [2.24, 2.45) is 5.73 Å². The van der Waals surface area contributed by atoms with E-state index < -0.39 is 0 Å². The topological polar surface area (TPSA) is 97.5 Å². The second-order valence-electron chi connectivity index (χ2n) is 4.46. The maximum absolute atomic E-state index is 11.9. The number of carbonyl (C=O) groups is 2. The number of ether oxygens (including phenoxy) is 1. The molecule has 8 heteroatoms. The SMILES string of the molecule is COC(CN)CC(=O)N(C)CC(=O)Nc1ccc(Br)cn1. The molecule has 3 N–H and O–H groups in total. The van der Waals surface area contributed by atoms with Gasteiger partial charge in [-0.15, -0.1) is 0 Å². The van der Waals surface area contributed by atoms with E-state index in [1.54, 1.807) is 25.4 Å². The fraction of sp³-hybridized carbons (Fsp3) is 0.462. The molecule has 0 aliphatic heterocycles. The van der Waals surface area contributed by atoms with Crippen LogP contribution in [0.1, 0.15) is 6.42 Å². The maximum atomic E-state index is 11.9. The Balaban J connectivity index is 2.46. The van der Waals surface area contributed by atoms with Gasteiger partial charge in [0.25, 0.3) is 0 Å². The van der Waals surface area contributed by atoms with Crippen LogP contribution in [0.3, 0.4) is 0 Å². The molecule has 0 fully saturated rings. The molecule has 1 unspecified atom stereocenters. The van der Waals surface area contributed by atoms with E-state index in [0.717, 1.165) is 4.47 Å². The normalized spacial score (nSPS) is 11.8. The fourth-order valence-electron chi connectivity index (χ4n) is 1.55. The standard InChI is InChI=1S/C13H19BrN4O3/c1-18(13(20)5-10(6-15)21-2)8-12(19)17-11-4-3-9(14)7-16-11/h3-4,7,10H,5-6,8,15H2,1-2H3,(H,16,17,19).